The van der Waals surface area contributed by atoms with Crippen molar-refractivity contribution >= 4 is 11.6 Å². The van der Waals surface area contributed by atoms with E-state index in [1.54, 1.807) is 24.3 Å². The molecule has 0 aliphatic rings. The number of nitrogens with zero attached hydrogens (tertiary/aromatic N) is 1. The van der Waals surface area contributed by atoms with Crippen molar-refractivity contribution in [2.45, 2.75) is 20.1 Å². The monoisotopic (exact) mass is 281 g/mol. The van der Waals surface area contributed by atoms with Crippen LogP contribution < -0.4 is 4.74 Å². The molecule has 1 heterocycles. The molecule has 0 spiro atoms. The van der Waals surface area contributed by atoms with Gasteiger partial charge < -0.3 is 9.84 Å². The molecular formula is C14H13ClFNO2. The number of ether oxygens (including phenoxy) is 1. The Morgan fingerprint density at radius 2 is 2.11 bits per heavy atom. The van der Waals surface area contributed by atoms with E-state index in [0.29, 0.717) is 17.0 Å². The van der Waals surface area contributed by atoms with Crippen LogP contribution >= 0.6 is 11.6 Å². The fourth-order valence-corrected chi connectivity index (χ4v) is 1.84. The average molecular weight is 282 g/mol. The number of halogens is 2. The van der Waals surface area contributed by atoms with Gasteiger partial charge in [-0.15, -0.1) is 0 Å². The van der Waals surface area contributed by atoms with Crippen LogP contribution in [-0.4, -0.2) is 10.1 Å². The highest BCUT2D eigenvalue weighted by Crippen LogP contribution is 2.23. The molecule has 1 N–H and O–H groups in total. The molecule has 5 heteroatoms. The van der Waals surface area contributed by atoms with Crippen molar-refractivity contribution in [2.24, 2.45) is 0 Å². The quantitative estimate of drug-likeness (QED) is 0.935. The van der Waals surface area contributed by atoms with E-state index >= 15 is 0 Å². The maximum absolute atomic E-state index is 13.3. The van der Waals surface area contributed by atoms with Crippen LogP contribution in [0, 0.1) is 12.7 Å². The standard InChI is InChI=1S/C14H13ClFNO2/c1-9-5-6-13(12(7-18)17-9)19-8-10-3-2-4-11(16)14(10)15/h2-6,18H,7-8H2,1H3. The Hall–Kier alpha value is -1.65. The van der Waals surface area contributed by atoms with E-state index in [1.807, 2.05) is 6.92 Å². The van der Waals surface area contributed by atoms with E-state index in [9.17, 15) is 9.50 Å². The Morgan fingerprint density at radius 3 is 2.84 bits per heavy atom. The summed E-state index contributed by atoms with van der Waals surface area (Å²) in [6, 6.07) is 8.05. The molecule has 2 aromatic rings. The van der Waals surface area contributed by atoms with Gasteiger partial charge in [0.25, 0.3) is 0 Å². The second-order valence-electron chi connectivity index (χ2n) is 4.06. The van der Waals surface area contributed by atoms with Crippen molar-refractivity contribution in [3.05, 3.63) is 58.1 Å². The van der Waals surface area contributed by atoms with Gasteiger partial charge in [-0.2, -0.15) is 0 Å². The van der Waals surface area contributed by atoms with Crippen LogP contribution in [-0.2, 0) is 13.2 Å². The zero-order valence-corrected chi connectivity index (χ0v) is 11.1. The SMILES string of the molecule is Cc1ccc(OCc2cccc(F)c2Cl)c(CO)n1. The number of benzene rings is 1. The second kappa shape index (κ2) is 5.99. The molecule has 100 valence electrons. The molecule has 19 heavy (non-hydrogen) atoms. The average Bonchev–Trinajstić information content (AvgIpc) is 2.41. The van der Waals surface area contributed by atoms with Gasteiger partial charge in [-0.1, -0.05) is 23.7 Å². The Bertz CT molecular complexity index is 590. The maximum atomic E-state index is 13.3. The van der Waals surface area contributed by atoms with E-state index in [2.05, 4.69) is 4.98 Å². The Morgan fingerprint density at radius 1 is 1.32 bits per heavy atom. The highest BCUT2D eigenvalue weighted by atomic mass is 35.5. The van der Waals surface area contributed by atoms with Gasteiger partial charge in [0, 0.05) is 11.3 Å². The first-order chi connectivity index (χ1) is 9.11. The van der Waals surface area contributed by atoms with E-state index in [4.69, 9.17) is 16.3 Å². The van der Waals surface area contributed by atoms with Gasteiger partial charge >= 0.3 is 0 Å². The third kappa shape index (κ3) is 3.22. The largest absolute Gasteiger partial charge is 0.487 e. The third-order valence-electron chi connectivity index (χ3n) is 2.64. The number of hydrogen-bond acceptors (Lipinski definition) is 3. The summed E-state index contributed by atoms with van der Waals surface area (Å²) in [6.45, 7) is 1.73. The summed E-state index contributed by atoms with van der Waals surface area (Å²) in [4.78, 5) is 4.16. The molecule has 0 saturated carbocycles. The molecule has 0 aliphatic carbocycles. The zero-order valence-electron chi connectivity index (χ0n) is 10.4. The van der Waals surface area contributed by atoms with E-state index in [0.717, 1.165) is 5.69 Å². The lowest BCUT2D eigenvalue weighted by Crippen LogP contribution is -2.02. The molecule has 0 amide bonds. The minimum absolute atomic E-state index is 0.0492. The van der Waals surface area contributed by atoms with Gasteiger partial charge in [0.15, 0.2) is 0 Å². The first-order valence-corrected chi connectivity index (χ1v) is 6.12. The first kappa shape index (κ1) is 13.8. The van der Waals surface area contributed by atoms with Gasteiger partial charge in [0.1, 0.15) is 23.9 Å². The maximum Gasteiger partial charge on any atom is 0.143 e. The number of aliphatic hydroxyl groups is 1. The molecule has 3 nitrogen and oxygen atoms in total. The predicted octanol–water partition coefficient (Wildman–Crippen LogP) is 3.25. The van der Waals surface area contributed by atoms with Gasteiger partial charge in [0.05, 0.1) is 11.6 Å². The van der Waals surface area contributed by atoms with Crippen molar-refractivity contribution in [1.82, 2.24) is 4.98 Å². The summed E-state index contributed by atoms with van der Waals surface area (Å²) >= 11 is 5.84. The summed E-state index contributed by atoms with van der Waals surface area (Å²) < 4.78 is 18.8. The summed E-state index contributed by atoms with van der Waals surface area (Å²) in [5.74, 6) is -0.0133. The van der Waals surface area contributed by atoms with Crippen LogP contribution in [0.2, 0.25) is 5.02 Å². The molecule has 0 unspecified atom stereocenters. The number of aliphatic hydroxyl groups excluding tert-OH is 1. The molecule has 2 rings (SSSR count). The molecule has 0 fully saturated rings. The van der Waals surface area contributed by atoms with Gasteiger partial charge in [-0.05, 0) is 25.1 Å². The lowest BCUT2D eigenvalue weighted by molar-refractivity contribution is 0.253. The van der Waals surface area contributed by atoms with Crippen molar-refractivity contribution in [2.75, 3.05) is 0 Å². The lowest BCUT2D eigenvalue weighted by atomic mass is 10.2. The van der Waals surface area contributed by atoms with Crippen molar-refractivity contribution in [3.8, 4) is 5.75 Å². The Kier molecular flexibility index (Phi) is 4.35. The molecule has 0 radical (unpaired) electrons. The summed E-state index contributed by atoms with van der Waals surface area (Å²) in [7, 11) is 0. The molecule has 0 saturated heterocycles. The highest BCUT2D eigenvalue weighted by Gasteiger charge is 2.09. The summed E-state index contributed by atoms with van der Waals surface area (Å²) in [6.07, 6.45) is 0. The van der Waals surface area contributed by atoms with Crippen molar-refractivity contribution < 1.29 is 14.2 Å². The highest BCUT2D eigenvalue weighted by molar-refractivity contribution is 6.31. The van der Waals surface area contributed by atoms with E-state index < -0.39 is 5.82 Å². The van der Waals surface area contributed by atoms with Crippen LogP contribution in [0.25, 0.3) is 0 Å². The molecule has 1 aromatic heterocycles. The number of rotatable bonds is 4. The Balaban J connectivity index is 2.17. The first-order valence-electron chi connectivity index (χ1n) is 5.75. The van der Waals surface area contributed by atoms with Crippen LogP contribution in [0.3, 0.4) is 0 Å². The van der Waals surface area contributed by atoms with Crippen LogP contribution in [0.4, 0.5) is 4.39 Å². The number of hydrogen-bond donors (Lipinski definition) is 1. The van der Waals surface area contributed by atoms with Crippen LogP contribution in [0.1, 0.15) is 17.0 Å². The molecular weight excluding hydrogens is 269 g/mol. The topological polar surface area (TPSA) is 42.4 Å². The fourth-order valence-electron chi connectivity index (χ4n) is 1.66. The third-order valence-corrected chi connectivity index (χ3v) is 3.06. The van der Waals surface area contributed by atoms with Crippen molar-refractivity contribution in [1.29, 1.82) is 0 Å². The van der Waals surface area contributed by atoms with Crippen LogP contribution in [0.15, 0.2) is 30.3 Å². The van der Waals surface area contributed by atoms with Crippen molar-refractivity contribution in [3.63, 3.8) is 0 Å². The molecule has 0 bridgehead atoms. The fraction of sp³-hybridized carbons (Fsp3) is 0.214. The van der Waals surface area contributed by atoms with Gasteiger partial charge in [-0.3, -0.25) is 4.98 Å². The normalized spacial score (nSPS) is 10.5. The number of aromatic nitrogens is 1. The minimum atomic E-state index is -0.479. The number of pyridine rings is 1. The van der Waals surface area contributed by atoms with E-state index in [1.165, 1.54) is 6.07 Å². The van der Waals surface area contributed by atoms with Gasteiger partial charge in [-0.25, -0.2) is 4.39 Å². The van der Waals surface area contributed by atoms with E-state index in [-0.39, 0.29) is 18.2 Å². The lowest BCUT2D eigenvalue weighted by Gasteiger charge is -2.11. The second-order valence-corrected chi connectivity index (χ2v) is 4.44. The van der Waals surface area contributed by atoms with Gasteiger partial charge in [0.2, 0.25) is 0 Å². The number of aryl methyl sites for hydroxylation is 1. The summed E-state index contributed by atoms with van der Waals surface area (Å²) in [5, 5.41) is 9.26. The van der Waals surface area contributed by atoms with Crippen LogP contribution in [0.5, 0.6) is 5.75 Å². The summed E-state index contributed by atoms with van der Waals surface area (Å²) in [5.41, 5.74) is 1.79. The molecule has 1 aromatic carbocycles. The molecule has 0 atom stereocenters. The predicted molar refractivity (Wildman–Crippen MR) is 70.6 cm³/mol. The zero-order chi connectivity index (χ0) is 13.8. The minimum Gasteiger partial charge on any atom is -0.487 e. The smallest absolute Gasteiger partial charge is 0.143 e. The molecule has 0 aliphatic heterocycles. The Labute approximate surface area is 115 Å².